The zero-order valence-corrected chi connectivity index (χ0v) is 22.1. The predicted octanol–water partition coefficient (Wildman–Crippen LogP) is 4.64. The third kappa shape index (κ3) is 4.62. The van der Waals surface area contributed by atoms with Gasteiger partial charge in [-0.1, -0.05) is 19.9 Å². The topological polar surface area (TPSA) is 70.8 Å². The Morgan fingerprint density at radius 1 is 1.05 bits per heavy atom. The fraction of sp³-hybridized carbons (Fsp3) is 0.414. The first-order valence-corrected chi connectivity index (χ1v) is 13.2. The van der Waals surface area contributed by atoms with E-state index in [4.69, 9.17) is 9.72 Å². The number of methoxy groups -OCH3 is 1. The van der Waals surface area contributed by atoms with Crippen LogP contribution in [0.25, 0.3) is 16.6 Å². The number of piperidine rings is 1. The summed E-state index contributed by atoms with van der Waals surface area (Å²) in [6.07, 6.45) is 9.21. The molecule has 3 fully saturated rings. The van der Waals surface area contributed by atoms with Gasteiger partial charge in [-0.25, -0.2) is 14.5 Å². The van der Waals surface area contributed by atoms with E-state index in [1.54, 1.807) is 7.11 Å². The van der Waals surface area contributed by atoms with Crippen molar-refractivity contribution in [2.75, 3.05) is 37.0 Å². The van der Waals surface area contributed by atoms with E-state index in [9.17, 15) is 0 Å². The van der Waals surface area contributed by atoms with Crippen LogP contribution in [0.15, 0.2) is 55.1 Å². The van der Waals surface area contributed by atoms with Gasteiger partial charge in [0, 0.05) is 67.8 Å². The Kier molecular flexibility index (Phi) is 6.20. The molecule has 8 heteroatoms. The molecule has 192 valence electrons. The smallest absolute Gasteiger partial charge is 0.212 e. The van der Waals surface area contributed by atoms with Crippen LogP contribution in [0, 0.1) is 12.8 Å². The zero-order valence-electron chi connectivity index (χ0n) is 22.1. The molecule has 0 spiro atoms. The van der Waals surface area contributed by atoms with Crippen LogP contribution in [0.5, 0.6) is 5.88 Å². The summed E-state index contributed by atoms with van der Waals surface area (Å²) in [4.78, 5) is 14.3. The second-order valence-corrected chi connectivity index (χ2v) is 10.8. The fourth-order valence-electron chi connectivity index (χ4n) is 5.61. The van der Waals surface area contributed by atoms with Crippen LogP contribution in [0.3, 0.4) is 0 Å². The first-order valence-electron chi connectivity index (χ1n) is 13.2. The normalized spacial score (nSPS) is 19.3. The van der Waals surface area contributed by atoms with Crippen molar-refractivity contribution in [3.63, 3.8) is 0 Å². The molecule has 37 heavy (non-hydrogen) atoms. The highest BCUT2D eigenvalue weighted by Gasteiger charge is 2.44. The summed E-state index contributed by atoms with van der Waals surface area (Å²) in [6.45, 7) is 10.4. The number of fused-ring (bicyclic) bond motifs is 3. The van der Waals surface area contributed by atoms with Gasteiger partial charge in [-0.05, 0) is 48.6 Å². The maximum Gasteiger partial charge on any atom is 0.212 e. The molecule has 2 bridgehead atoms. The van der Waals surface area contributed by atoms with Gasteiger partial charge < -0.3 is 15.0 Å². The number of pyridine rings is 3. The Morgan fingerprint density at radius 3 is 2.57 bits per heavy atom. The van der Waals surface area contributed by atoms with E-state index >= 15 is 0 Å². The van der Waals surface area contributed by atoms with E-state index in [0.717, 1.165) is 59.9 Å². The number of ether oxygens (including phenoxy) is 1. The fourth-order valence-corrected chi connectivity index (χ4v) is 5.61. The second kappa shape index (κ2) is 9.67. The number of aromatic nitrogens is 4. The van der Waals surface area contributed by atoms with Crippen molar-refractivity contribution in [3.05, 3.63) is 66.2 Å². The lowest BCUT2D eigenvalue weighted by atomic mass is 9.87. The molecule has 3 aliphatic rings. The van der Waals surface area contributed by atoms with E-state index in [1.165, 1.54) is 12.0 Å². The van der Waals surface area contributed by atoms with E-state index in [0.29, 0.717) is 23.9 Å². The molecule has 4 aromatic rings. The first kappa shape index (κ1) is 23.7. The van der Waals surface area contributed by atoms with Crippen molar-refractivity contribution < 1.29 is 4.74 Å². The summed E-state index contributed by atoms with van der Waals surface area (Å²) in [5, 5.41) is 8.13. The minimum Gasteiger partial charge on any atom is -0.481 e. The molecule has 3 aliphatic heterocycles. The van der Waals surface area contributed by atoms with Gasteiger partial charge in [-0.15, -0.1) is 0 Å². The number of nitrogens with zero attached hydrogens (tertiary/aromatic N) is 6. The Balaban J connectivity index is 1.17. The van der Waals surface area contributed by atoms with Gasteiger partial charge in [0.1, 0.15) is 5.82 Å². The molecule has 0 radical (unpaired) electrons. The van der Waals surface area contributed by atoms with Crippen molar-refractivity contribution in [2.24, 2.45) is 5.92 Å². The van der Waals surface area contributed by atoms with Gasteiger partial charge in [0.2, 0.25) is 5.88 Å². The molecule has 7 rings (SSSR count). The average Bonchev–Trinajstić information content (AvgIpc) is 3.31. The molecule has 2 atom stereocenters. The summed E-state index contributed by atoms with van der Waals surface area (Å²) >= 11 is 0. The maximum absolute atomic E-state index is 5.19. The highest BCUT2D eigenvalue weighted by Crippen LogP contribution is 2.36. The minimum atomic E-state index is 0.556. The summed E-state index contributed by atoms with van der Waals surface area (Å²) < 4.78 is 7.17. The largest absolute Gasteiger partial charge is 0.481 e. The Morgan fingerprint density at radius 2 is 1.89 bits per heavy atom. The number of rotatable bonds is 8. The van der Waals surface area contributed by atoms with Gasteiger partial charge in [0.05, 0.1) is 30.7 Å². The molecule has 0 amide bonds. The van der Waals surface area contributed by atoms with Crippen LogP contribution in [-0.2, 0) is 6.54 Å². The number of hydrogen-bond acceptors (Lipinski definition) is 7. The van der Waals surface area contributed by atoms with E-state index in [2.05, 4.69) is 76.4 Å². The van der Waals surface area contributed by atoms with Gasteiger partial charge >= 0.3 is 0 Å². The van der Waals surface area contributed by atoms with Crippen LogP contribution in [0.1, 0.15) is 31.4 Å². The van der Waals surface area contributed by atoms with E-state index in [1.807, 2.05) is 29.2 Å². The lowest BCUT2D eigenvalue weighted by Crippen LogP contribution is -2.68. The Hall–Kier alpha value is -3.65. The summed E-state index contributed by atoms with van der Waals surface area (Å²) in [7, 11) is 1.65. The predicted molar refractivity (Wildman–Crippen MR) is 147 cm³/mol. The highest BCUT2D eigenvalue weighted by molar-refractivity contribution is 5.84. The maximum atomic E-state index is 5.19. The lowest BCUT2D eigenvalue weighted by molar-refractivity contribution is -0.00876. The third-order valence-electron chi connectivity index (χ3n) is 7.61. The van der Waals surface area contributed by atoms with Crippen LogP contribution >= 0.6 is 0 Å². The molecule has 1 N–H and O–H groups in total. The summed E-state index contributed by atoms with van der Waals surface area (Å²) in [5.74, 6) is 2.29. The van der Waals surface area contributed by atoms with E-state index < -0.39 is 0 Å². The molecule has 0 aliphatic carbocycles. The van der Waals surface area contributed by atoms with Gasteiger partial charge in [0.25, 0.3) is 0 Å². The molecule has 8 nitrogen and oxygen atoms in total. The standard InChI is InChI=1S/C29H35N7O/c1-19(2)11-30-23-9-26(29-20(3)12-33-36(29)16-23)22-6-7-27(31-14-22)34-17-24-10-25(18-34)35(24)15-21-5-8-28(37-4)32-13-21/h5-9,12-14,16,19,24-25,30H,10-11,15,17-18H2,1-4H3. The Labute approximate surface area is 218 Å². The van der Waals surface area contributed by atoms with Crippen molar-refractivity contribution in [1.29, 1.82) is 0 Å². The highest BCUT2D eigenvalue weighted by atomic mass is 16.5. The number of anilines is 2. The molecule has 7 heterocycles. The van der Waals surface area contributed by atoms with E-state index in [-0.39, 0.29) is 0 Å². The minimum absolute atomic E-state index is 0.556. The van der Waals surface area contributed by atoms with Gasteiger partial charge in [0.15, 0.2) is 0 Å². The molecule has 0 saturated carbocycles. The zero-order chi connectivity index (χ0) is 25.5. The van der Waals surface area contributed by atoms with Crippen LogP contribution in [0.4, 0.5) is 11.5 Å². The molecule has 0 aromatic carbocycles. The van der Waals surface area contributed by atoms with Gasteiger partial charge in [-0.2, -0.15) is 5.10 Å². The van der Waals surface area contributed by atoms with Crippen molar-refractivity contribution in [1.82, 2.24) is 24.5 Å². The SMILES string of the molecule is COc1ccc(CN2C3CC2CN(c2ccc(-c4cc(NCC(C)C)cn5ncc(C)c45)cn2)C3)cn1. The van der Waals surface area contributed by atoms with Crippen molar-refractivity contribution in [2.45, 2.75) is 45.8 Å². The molecule has 2 unspecified atom stereocenters. The third-order valence-corrected chi connectivity index (χ3v) is 7.61. The molecule has 3 saturated heterocycles. The second-order valence-electron chi connectivity index (χ2n) is 10.8. The molecular formula is C29H35N7O. The summed E-state index contributed by atoms with van der Waals surface area (Å²) in [6, 6.07) is 11.8. The monoisotopic (exact) mass is 497 g/mol. The van der Waals surface area contributed by atoms with Gasteiger partial charge in [-0.3, -0.25) is 4.90 Å². The summed E-state index contributed by atoms with van der Waals surface area (Å²) in [5.41, 5.74) is 6.87. The lowest BCUT2D eigenvalue weighted by Gasteiger charge is -2.56. The number of aryl methyl sites for hydroxylation is 1. The number of hydrogen-bond donors (Lipinski definition) is 1. The van der Waals surface area contributed by atoms with Crippen LogP contribution in [0.2, 0.25) is 0 Å². The average molecular weight is 498 g/mol. The Bertz CT molecular complexity index is 1370. The number of nitrogens with one attached hydrogen (secondary N) is 1. The molecular weight excluding hydrogens is 462 g/mol. The van der Waals surface area contributed by atoms with Crippen molar-refractivity contribution >= 4 is 17.0 Å². The van der Waals surface area contributed by atoms with Crippen molar-refractivity contribution in [3.8, 4) is 17.0 Å². The first-order chi connectivity index (χ1) is 18.0. The quantitative estimate of drug-likeness (QED) is 0.380. The molecule has 4 aromatic heterocycles. The van der Waals surface area contributed by atoms with Crippen LogP contribution in [-0.4, -0.2) is 63.3 Å². The number of piperazine rings is 1. The van der Waals surface area contributed by atoms with Crippen LogP contribution < -0.4 is 15.0 Å².